The summed E-state index contributed by atoms with van der Waals surface area (Å²) in [6, 6.07) is 5.36. The highest BCUT2D eigenvalue weighted by molar-refractivity contribution is 5.60. The van der Waals surface area contributed by atoms with Gasteiger partial charge in [0.25, 0.3) is 12.9 Å². The molecule has 4 nitrogen and oxygen atoms in total. The molecule has 2 N–H and O–H groups in total. The average Bonchev–Trinajstić information content (AvgIpc) is 2.60. The van der Waals surface area contributed by atoms with Crippen molar-refractivity contribution >= 4 is 0 Å². The molecule has 1 unspecified atom stereocenters. The molecule has 0 saturated carbocycles. The van der Waals surface area contributed by atoms with Crippen molar-refractivity contribution in [3.63, 3.8) is 0 Å². The monoisotopic (exact) mass is 371 g/mol. The fraction of sp³-hybridized carbons (Fsp3) is 0.444. The van der Waals surface area contributed by atoms with E-state index < -0.39 is 29.8 Å². The number of halogens is 4. The molecule has 26 heavy (non-hydrogen) atoms. The van der Waals surface area contributed by atoms with Gasteiger partial charge in [0, 0.05) is 17.3 Å². The van der Waals surface area contributed by atoms with Crippen LogP contribution in [0.1, 0.15) is 50.9 Å². The molecule has 0 aliphatic heterocycles. The number of aromatic nitrogens is 2. The number of hydrogen-bond donors (Lipinski definition) is 1. The Balaban J connectivity index is 2.30. The van der Waals surface area contributed by atoms with Gasteiger partial charge in [0.2, 0.25) is 0 Å². The zero-order valence-electron chi connectivity index (χ0n) is 14.6. The summed E-state index contributed by atoms with van der Waals surface area (Å²) in [7, 11) is 0. The van der Waals surface area contributed by atoms with Gasteiger partial charge in [-0.1, -0.05) is 13.3 Å². The minimum atomic E-state index is -2.88. The smallest absolute Gasteiger partial charge is 0.284 e. The van der Waals surface area contributed by atoms with Crippen molar-refractivity contribution in [3.8, 4) is 17.0 Å². The molecular formula is C18H21F4N3O. The molecule has 1 atom stereocenters. The van der Waals surface area contributed by atoms with Crippen LogP contribution in [0.2, 0.25) is 0 Å². The van der Waals surface area contributed by atoms with E-state index in [-0.39, 0.29) is 23.6 Å². The van der Waals surface area contributed by atoms with E-state index in [1.165, 1.54) is 24.4 Å². The second kappa shape index (κ2) is 8.44. The summed E-state index contributed by atoms with van der Waals surface area (Å²) < 4.78 is 57.8. The summed E-state index contributed by atoms with van der Waals surface area (Å²) in [6.07, 6.45) is -2.93. The number of nitrogens with two attached hydrogens (primary N) is 1. The zero-order valence-corrected chi connectivity index (χ0v) is 14.6. The standard InChI is InChI=1S/C18H21F4N3O/c1-3-7-18(2,23)10-26-14-5-4-12(25-15(14)17(21)22)11-6-8-24-13(9-11)16(19)20/h4-6,8-9,16-17H,3,7,10,23H2,1-2H3. The lowest BCUT2D eigenvalue weighted by Gasteiger charge is -2.24. The second-order valence-electron chi connectivity index (χ2n) is 6.34. The van der Waals surface area contributed by atoms with Gasteiger partial charge >= 0.3 is 0 Å². The maximum atomic E-state index is 13.4. The minimum absolute atomic E-state index is 0.0619. The van der Waals surface area contributed by atoms with Crippen molar-refractivity contribution in [1.82, 2.24) is 9.97 Å². The van der Waals surface area contributed by atoms with E-state index in [0.29, 0.717) is 6.42 Å². The highest BCUT2D eigenvalue weighted by Crippen LogP contribution is 2.31. The van der Waals surface area contributed by atoms with Gasteiger partial charge in [0.1, 0.15) is 23.7 Å². The van der Waals surface area contributed by atoms with Gasteiger partial charge in [-0.05, 0) is 37.6 Å². The van der Waals surface area contributed by atoms with Crippen molar-refractivity contribution in [3.05, 3.63) is 41.9 Å². The molecule has 0 spiro atoms. The van der Waals surface area contributed by atoms with Crippen molar-refractivity contribution < 1.29 is 22.3 Å². The van der Waals surface area contributed by atoms with Crippen LogP contribution >= 0.6 is 0 Å². The quantitative estimate of drug-likeness (QED) is 0.670. The van der Waals surface area contributed by atoms with E-state index in [2.05, 4.69) is 9.97 Å². The average molecular weight is 371 g/mol. The third kappa shape index (κ3) is 5.14. The summed E-state index contributed by atoms with van der Waals surface area (Å²) in [5, 5.41) is 0. The maximum Gasteiger partial charge on any atom is 0.284 e. The first kappa shape index (κ1) is 20.1. The molecule has 142 valence electrons. The molecule has 0 fully saturated rings. The van der Waals surface area contributed by atoms with E-state index in [1.54, 1.807) is 6.92 Å². The number of pyridine rings is 2. The number of ether oxygens (including phenoxy) is 1. The lowest BCUT2D eigenvalue weighted by Crippen LogP contribution is -2.42. The Morgan fingerprint density at radius 3 is 2.50 bits per heavy atom. The topological polar surface area (TPSA) is 61.0 Å². The lowest BCUT2D eigenvalue weighted by molar-refractivity contribution is 0.135. The summed E-state index contributed by atoms with van der Waals surface area (Å²) in [6.45, 7) is 3.81. The van der Waals surface area contributed by atoms with Crippen LogP contribution in [0.15, 0.2) is 30.5 Å². The second-order valence-corrected chi connectivity index (χ2v) is 6.34. The van der Waals surface area contributed by atoms with Crippen molar-refractivity contribution in [2.45, 2.75) is 45.1 Å². The minimum Gasteiger partial charge on any atom is -0.490 e. The Kier molecular flexibility index (Phi) is 6.52. The third-order valence-corrected chi connectivity index (χ3v) is 3.77. The Bertz CT molecular complexity index is 738. The van der Waals surface area contributed by atoms with Gasteiger partial charge in [-0.25, -0.2) is 22.5 Å². The normalized spacial score (nSPS) is 13.9. The zero-order chi connectivity index (χ0) is 19.3. The van der Waals surface area contributed by atoms with E-state index in [4.69, 9.17) is 10.5 Å². The van der Waals surface area contributed by atoms with Gasteiger partial charge in [-0.2, -0.15) is 0 Å². The molecular weight excluding hydrogens is 350 g/mol. The van der Waals surface area contributed by atoms with Crippen LogP contribution in [0.3, 0.4) is 0 Å². The third-order valence-electron chi connectivity index (χ3n) is 3.77. The fourth-order valence-electron chi connectivity index (χ4n) is 2.51. The predicted octanol–water partition coefficient (Wildman–Crippen LogP) is 4.92. The van der Waals surface area contributed by atoms with Crippen LogP contribution in [0.4, 0.5) is 17.6 Å². The molecule has 0 amide bonds. The van der Waals surface area contributed by atoms with Crippen molar-refractivity contribution in [2.24, 2.45) is 5.73 Å². The van der Waals surface area contributed by atoms with Crippen molar-refractivity contribution in [1.29, 1.82) is 0 Å². The van der Waals surface area contributed by atoms with E-state index in [0.717, 1.165) is 12.5 Å². The number of rotatable bonds is 8. The largest absolute Gasteiger partial charge is 0.490 e. The molecule has 8 heteroatoms. The molecule has 2 aromatic heterocycles. The first-order valence-corrected chi connectivity index (χ1v) is 8.18. The molecule has 2 aromatic rings. The van der Waals surface area contributed by atoms with Gasteiger partial charge < -0.3 is 10.5 Å². The first-order chi connectivity index (χ1) is 12.2. The summed E-state index contributed by atoms with van der Waals surface area (Å²) in [4.78, 5) is 7.45. The molecule has 2 rings (SSSR count). The number of alkyl halides is 4. The van der Waals surface area contributed by atoms with Gasteiger partial charge in [0.15, 0.2) is 0 Å². The molecule has 2 heterocycles. The van der Waals surface area contributed by atoms with Gasteiger partial charge in [-0.15, -0.1) is 0 Å². The molecule has 0 aliphatic rings. The maximum absolute atomic E-state index is 13.4. The van der Waals surface area contributed by atoms with Gasteiger partial charge in [-0.3, -0.25) is 4.98 Å². The summed E-state index contributed by atoms with van der Waals surface area (Å²) >= 11 is 0. The summed E-state index contributed by atoms with van der Waals surface area (Å²) in [5.74, 6) is -0.0698. The Morgan fingerprint density at radius 2 is 1.88 bits per heavy atom. The van der Waals surface area contributed by atoms with Crippen LogP contribution in [0.25, 0.3) is 11.3 Å². The Morgan fingerprint density at radius 1 is 1.15 bits per heavy atom. The van der Waals surface area contributed by atoms with Crippen LogP contribution in [-0.2, 0) is 0 Å². The molecule has 0 radical (unpaired) electrons. The van der Waals surface area contributed by atoms with E-state index >= 15 is 0 Å². The highest BCUT2D eigenvalue weighted by Gasteiger charge is 2.22. The predicted molar refractivity (Wildman–Crippen MR) is 90.4 cm³/mol. The molecule has 0 saturated heterocycles. The molecule has 0 bridgehead atoms. The molecule has 0 aliphatic carbocycles. The van der Waals surface area contributed by atoms with Crippen LogP contribution < -0.4 is 10.5 Å². The Hall–Kier alpha value is -2.22. The fourth-order valence-corrected chi connectivity index (χ4v) is 2.51. The van der Waals surface area contributed by atoms with Crippen LogP contribution in [0.5, 0.6) is 5.75 Å². The SMILES string of the molecule is CCCC(C)(N)COc1ccc(-c2ccnc(C(F)F)c2)nc1C(F)F. The molecule has 0 aromatic carbocycles. The number of hydrogen-bond acceptors (Lipinski definition) is 4. The van der Waals surface area contributed by atoms with E-state index in [1.807, 2.05) is 6.92 Å². The summed E-state index contributed by atoms with van der Waals surface area (Å²) in [5.41, 5.74) is 4.83. The Labute approximate surface area is 149 Å². The van der Waals surface area contributed by atoms with Crippen molar-refractivity contribution in [2.75, 3.05) is 6.61 Å². The first-order valence-electron chi connectivity index (χ1n) is 8.18. The highest BCUT2D eigenvalue weighted by atomic mass is 19.3. The van der Waals surface area contributed by atoms with E-state index in [9.17, 15) is 17.6 Å². The van der Waals surface area contributed by atoms with Gasteiger partial charge in [0.05, 0.1) is 5.69 Å². The lowest BCUT2D eigenvalue weighted by atomic mass is 9.99. The van der Waals surface area contributed by atoms with Crippen LogP contribution in [-0.4, -0.2) is 22.1 Å². The van der Waals surface area contributed by atoms with Crippen LogP contribution in [0, 0.1) is 0 Å². The number of nitrogens with zero attached hydrogens (tertiary/aromatic N) is 2.